The molecule has 1 saturated heterocycles. The Morgan fingerprint density at radius 3 is 2.52 bits per heavy atom. The summed E-state index contributed by atoms with van der Waals surface area (Å²) in [6.07, 6.45) is 0.300. The van der Waals surface area contributed by atoms with E-state index in [0.29, 0.717) is 31.0 Å². The van der Waals surface area contributed by atoms with E-state index in [1.54, 1.807) is 12.1 Å². The van der Waals surface area contributed by atoms with Gasteiger partial charge in [0.05, 0.1) is 13.2 Å². The van der Waals surface area contributed by atoms with Crippen molar-refractivity contribution >= 4 is 23.2 Å². The van der Waals surface area contributed by atoms with Crippen LogP contribution in [0, 0.1) is 0 Å². The molecule has 2 aliphatic heterocycles. The summed E-state index contributed by atoms with van der Waals surface area (Å²) in [7, 11) is 0. The van der Waals surface area contributed by atoms with Gasteiger partial charge >= 0.3 is 0 Å². The van der Waals surface area contributed by atoms with E-state index < -0.39 is 0 Å². The lowest BCUT2D eigenvalue weighted by Gasteiger charge is -2.13. The molecule has 7 nitrogen and oxygen atoms in total. The number of benzene rings is 1. The zero-order valence-corrected chi connectivity index (χ0v) is 11.3. The third-order valence-electron chi connectivity index (χ3n) is 3.23. The van der Waals surface area contributed by atoms with Crippen LogP contribution in [0.2, 0.25) is 0 Å². The molecule has 21 heavy (non-hydrogen) atoms. The Bertz CT molecular complexity index is 576. The lowest BCUT2D eigenvalue weighted by molar-refractivity contribution is -0.121. The summed E-state index contributed by atoms with van der Waals surface area (Å²) in [6, 6.07) is 7.24. The topological polar surface area (TPSA) is 89.0 Å². The summed E-state index contributed by atoms with van der Waals surface area (Å²) in [5.74, 6) is -0.483. The molecule has 0 atom stereocenters. The molecule has 0 bridgehead atoms. The molecule has 3 rings (SSSR count). The Kier molecular flexibility index (Phi) is 3.94. The van der Waals surface area contributed by atoms with Gasteiger partial charge < -0.3 is 14.8 Å². The highest BCUT2D eigenvalue weighted by Crippen LogP contribution is 2.24. The van der Waals surface area contributed by atoms with Crippen LogP contribution in [-0.4, -0.2) is 30.7 Å². The minimum atomic E-state index is -0.326. The van der Waals surface area contributed by atoms with E-state index in [9.17, 15) is 9.59 Å². The van der Waals surface area contributed by atoms with Crippen molar-refractivity contribution in [2.45, 2.75) is 19.1 Å². The Morgan fingerprint density at radius 2 is 1.90 bits per heavy atom. The van der Waals surface area contributed by atoms with Gasteiger partial charge in [0, 0.05) is 24.1 Å². The SMILES string of the molecule is O=C1CCC(C(=O)Nc2ccc(C3OCCO3)cc2)=NN1. The fourth-order valence-corrected chi connectivity index (χ4v) is 2.12. The highest BCUT2D eigenvalue weighted by Gasteiger charge is 2.20. The fraction of sp³-hybridized carbons (Fsp3) is 0.357. The Morgan fingerprint density at radius 1 is 1.19 bits per heavy atom. The van der Waals surface area contributed by atoms with Crippen LogP contribution in [0.25, 0.3) is 0 Å². The monoisotopic (exact) mass is 289 g/mol. The molecule has 0 aromatic heterocycles. The number of nitrogens with one attached hydrogen (secondary N) is 2. The quantitative estimate of drug-likeness (QED) is 0.866. The predicted octanol–water partition coefficient (Wildman–Crippen LogP) is 0.936. The van der Waals surface area contributed by atoms with Gasteiger partial charge in [-0.25, -0.2) is 5.43 Å². The van der Waals surface area contributed by atoms with E-state index in [0.717, 1.165) is 5.56 Å². The summed E-state index contributed by atoms with van der Waals surface area (Å²) in [4.78, 5) is 23.0. The van der Waals surface area contributed by atoms with Gasteiger partial charge in [-0.3, -0.25) is 9.59 Å². The normalized spacial score (nSPS) is 19.0. The molecule has 0 radical (unpaired) electrons. The molecule has 1 aromatic carbocycles. The van der Waals surface area contributed by atoms with Crippen molar-refractivity contribution in [3.63, 3.8) is 0 Å². The average molecular weight is 289 g/mol. The predicted molar refractivity (Wildman–Crippen MR) is 74.5 cm³/mol. The Hall–Kier alpha value is -2.25. The van der Waals surface area contributed by atoms with Gasteiger partial charge in [0.2, 0.25) is 5.91 Å². The highest BCUT2D eigenvalue weighted by atomic mass is 16.7. The molecule has 0 saturated carbocycles. The summed E-state index contributed by atoms with van der Waals surface area (Å²) >= 11 is 0. The number of anilines is 1. The van der Waals surface area contributed by atoms with Gasteiger partial charge in [-0.2, -0.15) is 5.10 Å². The second-order valence-corrected chi connectivity index (χ2v) is 4.74. The van der Waals surface area contributed by atoms with E-state index in [1.807, 2.05) is 12.1 Å². The summed E-state index contributed by atoms with van der Waals surface area (Å²) in [6.45, 7) is 1.18. The van der Waals surface area contributed by atoms with Gasteiger partial charge in [-0.1, -0.05) is 12.1 Å². The molecule has 2 aliphatic rings. The van der Waals surface area contributed by atoms with Crippen LogP contribution in [0.5, 0.6) is 0 Å². The number of ether oxygens (including phenoxy) is 2. The van der Waals surface area contributed by atoms with Crippen molar-refractivity contribution in [1.29, 1.82) is 0 Å². The molecule has 110 valence electrons. The van der Waals surface area contributed by atoms with Crippen LogP contribution < -0.4 is 10.7 Å². The van der Waals surface area contributed by atoms with E-state index in [1.165, 1.54) is 0 Å². The second kappa shape index (κ2) is 6.02. The lowest BCUT2D eigenvalue weighted by atomic mass is 10.1. The first kappa shape index (κ1) is 13.7. The van der Waals surface area contributed by atoms with E-state index in [2.05, 4.69) is 15.8 Å². The van der Waals surface area contributed by atoms with E-state index in [4.69, 9.17) is 9.47 Å². The van der Waals surface area contributed by atoms with Gasteiger partial charge in [-0.15, -0.1) is 0 Å². The maximum Gasteiger partial charge on any atom is 0.271 e. The number of rotatable bonds is 3. The molecule has 2 N–H and O–H groups in total. The first-order valence-corrected chi connectivity index (χ1v) is 6.72. The first-order chi connectivity index (χ1) is 10.2. The number of hydrazone groups is 1. The van der Waals surface area contributed by atoms with Crippen LogP contribution >= 0.6 is 0 Å². The number of hydrogen-bond acceptors (Lipinski definition) is 5. The zero-order valence-electron chi connectivity index (χ0n) is 11.3. The minimum Gasteiger partial charge on any atom is -0.346 e. The first-order valence-electron chi connectivity index (χ1n) is 6.72. The number of nitrogens with zero attached hydrogens (tertiary/aromatic N) is 1. The fourth-order valence-electron chi connectivity index (χ4n) is 2.12. The number of carbonyl (C=O) groups is 2. The molecule has 1 fully saturated rings. The zero-order chi connectivity index (χ0) is 14.7. The number of carbonyl (C=O) groups excluding carboxylic acids is 2. The smallest absolute Gasteiger partial charge is 0.271 e. The molecule has 0 spiro atoms. The van der Waals surface area contributed by atoms with Crippen LogP contribution in [0.3, 0.4) is 0 Å². The van der Waals surface area contributed by atoms with Crippen molar-refractivity contribution in [2.75, 3.05) is 18.5 Å². The average Bonchev–Trinajstić information content (AvgIpc) is 3.03. The van der Waals surface area contributed by atoms with E-state index >= 15 is 0 Å². The molecular formula is C14H15N3O4. The van der Waals surface area contributed by atoms with E-state index in [-0.39, 0.29) is 24.5 Å². The summed E-state index contributed by atoms with van der Waals surface area (Å²) < 4.78 is 10.8. The van der Waals surface area contributed by atoms with Crippen LogP contribution in [0.4, 0.5) is 5.69 Å². The maximum atomic E-state index is 12.0. The van der Waals surface area contributed by atoms with Crippen LogP contribution in [-0.2, 0) is 19.1 Å². The van der Waals surface area contributed by atoms with Crippen molar-refractivity contribution < 1.29 is 19.1 Å². The van der Waals surface area contributed by atoms with Crippen molar-refractivity contribution in [1.82, 2.24) is 5.43 Å². The van der Waals surface area contributed by atoms with Gasteiger partial charge in [-0.05, 0) is 12.1 Å². The molecular weight excluding hydrogens is 274 g/mol. The Balaban J connectivity index is 1.62. The van der Waals surface area contributed by atoms with Crippen molar-refractivity contribution in [3.05, 3.63) is 29.8 Å². The standard InChI is InChI=1S/C14H15N3O4/c18-12-6-5-11(16-17-12)13(19)15-10-3-1-9(2-4-10)14-20-7-8-21-14/h1-4,14H,5-8H2,(H,15,19)(H,17,18). The molecule has 2 amide bonds. The number of hydrogen-bond donors (Lipinski definition) is 2. The van der Waals surface area contributed by atoms with Crippen molar-refractivity contribution in [3.8, 4) is 0 Å². The molecule has 7 heteroatoms. The second-order valence-electron chi connectivity index (χ2n) is 4.74. The minimum absolute atomic E-state index is 0.174. The molecule has 0 unspecified atom stereocenters. The molecule has 1 aromatic rings. The number of amides is 2. The van der Waals surface area contributed by atoms with Crippen molar-refractivity contribution in [2.24, 2.45) is 5.10 Å². The lowest BCUT2D eigenvalue weighted by Crippen LogP contribution is -2.32. The van der Waals surface area contributed by atoms with Gasteiger partial charge in [0.1, 0.15) is 5.71 Å². The Labute approximate surface area is 121 Å². The maximum absolute atomic E-state index is 12.0. The molecule has 2 heterocycles. The van der Waals surface area contributed by atoms with Gasteiger partial charge in [0.15, 0.2) is 6.29 Å². The highest BCUT2D eigenvalue weighted by molar-refractivity contribution is 6.43. The third-order valence-corrected chi connectivity index (χ3v) is 3.23. The summed E-state index contributed by atoms with van der Waals surface area (Å²) in [5.41, 5.74) is 4.18. The van der Waals surface area contributed by atoms with Crippen LogP contribution in [0.15, 0.2) is 29.4 Å². The third kappa shape index (κ3) is 3.26. The van der Waals surface area contributed by atoms with Gasteiger partial charge in [0.25, 0.3) is 5.91 Å². The largest absolute Gasteiger partial charge is 0.346 e. The summed E-state index contributed by atoms with van der Waals surface area (Å²) in [5, 5.41) is 6.49. The van der Waals surface area contributed by atoms with Crippen LogP contribution in [0.1, 0.15) is 24.7 Å². The molecule has 0 aliphatic carbocycles.